The van der Waals surface area contributed by atoms with Gasteiger partial charge in [-0.1, -0.05) is 54.6 Å². The maximum atomic E-state index is 3.78. The molecular weight excluding hydrogens is 366 g/mol. The number of nitrogens with zero attached hydrogens (tertiary/aromatic N) is 1. The number of thiazole rings is 1. The van der Waals surface area contributed by atoms with Crippen LogP contribution in [0.5, 0.6) is 0 Å². The van der Waals surface area contributed by atoms with Crippen molar-refractivity contribution in [1.29, 1.82) is 0 Å². The minimum absolute atomic E-state index is 1.19. The Hall–Kier alpha value is -2.10. The fourth-order valence-corrected chi connectivity index (χ4v) is 5.10. The molecule has 0 saturated carbocycles. The van der Waals surface area contributed by atoms with Crippen molar-refractivity contribution in [1.82, 2.24) is 4.40 Å². The predicted molar refractivity (Wildman–Crippen MR) is 103 cm³/mol. The van der Waals surface area contributed by atoms with Gasteiger partial charge in [0.25, 0.3) is 0 Å². The van der Waals surface area contributed by atoms with Gasteiger partial charge in [-0.2, -0.15) is 0 Å². The molecule has 1 nitrogen and oxygen atoms in total. The van der Waals surface area contributed by atoms with Crippen molar-refractivity contribution in [3.8, 4) is 11.1 Å². The van der Waals surface area contributed by atoms with E-state index in [9.17, 15) is 0 Å². The topological polar surface area (TPSA) is 4.41 Å². The van der Waals surface area contributed by atoms with E-state index in [0.29, 0.717) is 0 Å². The van der Waals surface area contributed by atoms with E-state index in [4.69, 9.17) is 0 Å². The third-order valence-corrected chi connectivity index (χ3v) is 6.48. The number of halogens is 1. The normalized spacial score (nSPS) is 11.7. The minimum atomic E-state index is 1.19. The Bertz CT molecular complexity index is 1170. The molecule has 0 unspecified atom stereocenters. The summed E-state index contributed by atoms with van der Waals surface area (Å²) in [6.07, 6.45) is 0. The van der Waals surface area contributed by atoms with Crippen molar-refractivity contribution in [2.45, 2.75) is 0 Å². The zero-order valence-corrected chi connectivity index (χ0v) is 14.6. The molecule has 23 heavy (non-hydrogen) atoms. The van der Waals surface area contributed by atoms with E-state index in [2.05, 4.69) is 93.1 Å². The van der Waals surface area contributed by atoms with Crippen molar-refractivity contribution < 1.29 is 0 Å². The van der Waals surface area contributed by atoms with Crippen LogP contribution in [0.4, 0.5) is 0 Å². The molecular formula is C20H12BrNS. The van der Waals surface area contributed by atoms with E-state index in [1.54, 1.807) is 0 Å². The second-order valence-corrected chi connectivity index (χ2v) is 7.45. The van der Waals surface area contributed by atoms with Gasteiger partial charge in [-0.25, -0.2) is 0 Å². The Kier molecular flexibility index (Phi) is 2.87. The number of para-hydroxylation sites is 1. The van der Waals surface area contributed by atoms with Gasteiger partial charge < -0.3 is 0 Å². The Labute approximate surface area is 145 Å². The van der Waals surface area contributed by atoms with Crippen LogP contribution in [0, 0.1) is 0 Å². The van der Waals surface area contributed by atoms with Crippen LogP contribution in [-0.2, 0) is 0 Å². The van der Waals surface area contributed by atoms with Crippen LogP contribution in [0.15, 0.2) is 77.3 Å². The van der Waals surface area contributed by atoms with Gasteiger partial charge in [0.1, 0.15) is 4.83 Å². The maximum absolute atomic E-state index is 3.78. The Balaban J connectivity index is 1.86. The molecule has 0 bridgehead atoms. The predicted octanol–water partition coefficient (Wildman–Crippen LogP) is 6.74. The van der Waals surface area contributed by atoms with Gasteiger partial charge in [-0.05, 0) is 45.3 Å². The van der Waals surface area contributed by atoms with Crippen molar-refractivity contribution in [2.24, 2.45) is 0 Å². The van der Waals surface area contributed by atoms with Gasteiger partial charge in [0.15, 0.2) is 0 Å². The van der Waals surface area contributed by atoms with Gasteiger partial charge in [-0.15, -0.1) is 11.3 Å². The lowest BCUT2D eigenvalue weighted by Crippen LogP contribution is -1.81. The number of fused-ring (bicyclic) bond motifs is 5. The lowest BCUT2D eigenvalue weighted by molar-refractivity contribution is 1.37. The van der Waals surface area contributed by atoms with Crippen LogP contribution in [-0.4, -0.2) is 4.40 Å². The molecule has 5 aromatic rings. The summed E-state index contributed by atoms with van der Waals surface area (Å²) >= 11 is 5.62. The summed E-state index contributed by atoms with van der Waals surface area (Å²) < 4.78 is 4.86. The van der Waals surface area contributed by atoms with E-state index in [0.717, 1.165) is 0 Å². The first kappa shape index (κ1) is 13.3. The molecule has 0 amide bonds. The van der Waals surface area contributed by atoms with Crippen LogP contribution < -0.4 is 0 Å². The number of hydrogen-bond donors (Lipinski definition) is 0. The highest BCUT2D eigenvalue weighted by Crippen LogP contribution is 2.40. The fourth-order valence-electron chi connectivity index (χ4n) is 3.20. The number of aromatic nitrogens is 1. The smallest absolute Gasteiger partial charge is 0.116 e. The quantitative estimate of drug-likeness (QED) is 0.304. The summed E-state index contributed by atoms with van der Waals surface area (Å²) in [7, 11) is 0. The first-order valence-corrected chi connectivity index (χ1v) is 9.10. The Morgan fingerprint density at radius 2 is 1.52 bits per heavy atom. The lowest BCUT2D eigenvalue weighted by atomic mass is 10.1. The van der Waals surface area contributed by atoms with Crippen molar-refractivity contribution >= 4 is 53.2 Å². The average molecular weight is 378 g/mol. The second-order valence-electron chi connectivity index (χ2n) is 5.62. The molecule has 0 aliphatic rings. The molecule has 5 rings (SSSR count). The zero-order valence-electron chi connectivity index (χ0n) is 12.2. The maximum Gasteiger partial charge on any atom is 0.116 e. The van der Waals surface area contributed by atoms with E-state index in [1.165, 1.54) is 41.5 Å². The first-order valence-electron chi connectivity index (χ1n) is 7.49. The minimum Gasteiger partial charge on any atom is -0.299 e. The van der Waals surface area contributed by atoms with Crippen LogP contribution >= 0.6 is 27.3 Å². The van der Waals surface area contributed by atoms with Crippen molar-refractivity contribution in [2.75, 3.05) is 0 Å². The molecule has 0 aliphatic carbocycles. The van der Waals surface area contributed by atoms with Crippen molar-refractivity contribution in [3.63, 3.8) is 0 Å². The van der Waals surface area contributed by atoms with Crippen LogP contribution in [0.1, 0.15) is 0 Å². The molecule has 0 saturated heterocycles. The largest absolute Gasteiger partial charge is 0.299 e. The highest BCUT2D eigenvalue weighted by Gasteiger charge is 2.14. The number of hydrogen-bond acceptors (Lipinski definition) is 1. The van der Waals surface area contributed by atoms with E-state index < -0.39 is 0 Å². The van der Waals surface area contributed by atoms with E-state index >= 15 is 0 Å². The monoisotopic (exact) mass is 377 g/mol. The third-order valence-electron chi connectivity index (χ3n) is 4.29. The number of rotatable bonds is 1. The third kappa shape index (κ3) is 1.90. The van der Waals surface area contributed by atoms with E-state index in [1.807, 2.05) is 11.3 Å². The summed E-state index contributed by atoms with van der Waals surface area (Å²) in [5.74, 6) is 0. The molecule has 2 aromatic heterocycles. The van der Waals surface area contributed by atoms with Gasteiger partial charge in [-0.3, -0.25) is 4.40 Å². The van der Waals surface area contributed by atoms with Crippen molar-refractivity contribution in [3.05, 3.63) is 77.3 Å². The summed E-state index contributed by atoms with van der Waals surface area (Å²) in [4.78, 5) is 1.27. The summed E-state index contributed by atoms with van der Waals surface area (Å²) in [5.41, 5.74) is 5.05. The highest BCUT2D eigenvalue weighted by molar-refractivity contribution is 9.11. The van der Waals surface area contributed by atoms with Crippen LogP contribution in [0.25, 0.3) is 37.1 Å². The van der Waals surface area contributed by atoms with Gasteiger partial charge in [0.05, 0.1) is 20.2 Å². The highest BCUT2D eigenvalue weighted by atomic mass is 79.9. The van der Waals surface area contributed by atoms with Gasteiger partial charge >= 0.3 is 0 Å². The summed E-state index contributed by atoms with van der Waals surface area (Å²) in [6, 6.07) is 25.8. The zero-order chi connectivity index (χ0) is 15.4. The summed E-state index contributed by atoms with van der Waals surface area (Å²) in [6.45, 7) is 0. The number of benzene rings is 3. The first-order chi connectivity index (χ1) is 11.3. The van der Waals surface area contributed by atoms with Crippen LogP contribution in [0.3, 0.4) is 0 Å². The molecule has 3 heteroatoms. The van der Waals surface area contributed by atoms with E-state index in [-0.39, 0.29) is 0 Å². The van der Waals surface area contributed by atoms with Gasteiger partial charge in [0, 0.05) is 5.39 Å². The molecule has 0 atom stereocenters. The molecule has 0 fully saturated rings. The lowest BCUT2D eigenvalue weighted by Gasteiger charge is -2.02. The Morgan fingerprint density at radius 1 is 0.739 bits per heavy atom. The molecule has 2 heterocycles. The van der Waals surface area contributed by atoms with Gasteiger partial charge in [0.2, 0.25) is 0 Å². The second kappa shape index (κ2) is 4.95. The summed E-state index contributed by atoms with van der Waals surface area (Å²) in [5, 5.41) is 1.27. The van der Waals surface area contributed by atoms with Crippen LogP contribution in [0.2, 0.25) is 0 Å². The Morgan fingerprint density at radius 3 is 2.39 bits per heavy atom. The molecule has 0 spiro atoms. The standard InChI is InChI=1S/C20H12BrNS/c21-19-15-8-4-5-9-16(15)22-17-11-10-14(12-18(17)23-20(19)22)13-6-2-1-3-7-13/h1-12H. The molecule has 0 radical (unpaired) electrons. The SMILES string of the molecule is Brc1c2ccccc2n2c1sc1cc(-c3ccccc3)ccc12. The average Bonchev–Trinajstić information content (AvgIpc) is 3.12. The molecule has 0 aliphatic heterocycles. The molecule has 0 N–H and O–H groups in total. The molecule has 110 valence electrons. The molecule has 3 aromatic carbocycles. The fraction of sp³-hybridized carbons (Fsp3) is 0.